The maximum absolute atomic E-state index is 12.2. The Morgan fingerprint density at radius 2 is 1.82 bits per heavy atom. The molecule has 0 unspecified atom stereocenters. The molecule has 1 atom stereocenters. The first kappa shape index (κ1) is 14.5. The van der Waals surface area contributed by atoms with E-state index in [1.807, 2.05) is 11.9 Å². The van der Waals surface area contributed by atoms with E-state index in [0.29, 0.717) is 12.0 Å². The van der Waals surface area contributed by atoms with Crippen LogP contribution < -0.4 is 5.73 Å². The zero-order valence-corrected chi connectivity index (χ0v) is 11.8. The molecule has 17 heavy (non-hydrogen) atoms. The second-order valence-electron chi connectivity index (χ2n) is 6.10. The van der Waals surface area contributed by atoms with Gasteiger partial charge < -0.3 is 10.6 Å². The lowest BCUT2D eigenvalue weighted by Gasteiger charge is -2.35. The number of nitrogens with zero attached hydrogens (tertiary/aromatic N) is 1. The van der Waals surface area contributed by atoms with E-state index in [1.54, 1.807) is 0 Å². The predicted molar refractivity (Wildman–Crippen MR) is 71.6 cm³/mol. The molecule has 1 aliphatic carbocycles. The highest BCUT2D eigenvalue weighted by Gasteiger charge is 2.27. The van der Waals surface area contributed by atoms with Gasteiger partial charge in [0, 0.05) is 13.1 Å². The van der Waals surface area contributed by atoms with Crippen LogP contribution in [-0.4, -0.2) is 29.9 Å². The Morgan fingerprint density at radius 3 is 2.29 bits per heavy atom. The van der Waals surface area contributed by atoms with Gasteiger partial charge in [-0.1, -0.05) is 20.8 Å². The molecular weight excluding hydrogens is 212 g/mol. The molecule has 1 saturated carbocycles. The maximum Gasteiger partial charge on any atom is 0.239 e. The Morgan fingerprint density at radius 1 is 1.29 bits per heavy atom. The van der Waals surface area contributed by atoms with E-state index in [2.05, 4.69) is 20.8 Å². The van der Waals surface area contributed by atoms with Crippen molar-refractivity contribution < 1.29 is 4.79 Å². The molecule has 0 saturated heterocycles. The van der Waals surface area contributed by atoms with Gasteiger partial charge in [-0.2, -0.15) is 0 Å². The number of rotatable bonds is 4. The number of likely N-dealkylation sites (N-methyl/N-ethyl adjacent to an activating group) is 1. The van der Waals surface area contributed by atoms with Crippen molar-refractivity contribution in [1.82, 2.24) is 4.90 Å². The normalized spacial score (nSPS) is 26.9. The van der Waals surface area contributed by atoms with Gasteiger partial charge in [-0.15, -0.1) is 0 Å². The molecule has 3 nitrogen and oxygen atoms in total. The van der Waals surface area contributed by atoms with Gasteiger partial charge in [0.05, 0.1) is 6.04 Å². The van der Waals surface area contributed by atoms with Crippen LogP contribution in [0.15, 0.2) is 0 Å². The minimum Gasteiger partial charge on any atom is -0.341 e. The van der Waals surface area contributed by atoms with Gasteiger partial charge in [-0.3, -0.25) is 4.79 Å². The quantitative estimate of drug-likeness (QED) is 0.820. The molecule has 0 heterocycles. The lowest BCUT2D eigenvalue weighted by atomic mass is 9.86. The van der Waals surface area contributed by atoms with Crippen molar-refractivity contribution >= 4 is 5.91 Å². The molecular formula is C14H28N2O. The lowest BCUT2D eigenvalue weighted by molar-refractivity contribution is -0.134. The van der Waals surface area contributed by atoms with Gasteiger partial charge in [-0.25, -0.2) is 0 Å². The molecule has 0 aliphatic heterocycles. The monoisotopic (exact) mass is 240 g/mol. The van der Waals surface area contributed by atoms with Crippen LogP contribution in [-0.2, 0) is 4.79 Å². The fraction of sp³-hybridized carbons (Fsp3) is 0.929. The third-order valence-corrected chi connectivity index (χ3v) is 3.92. The Kier molecular flexibility index (Phi) is 5.44. The second-order valence-corrected chi connectivity index (χ2v) is 6.10. The maximum atomic E-state index is 12.2. The predicted octanol–water partition coefficient (Wildman–Crippen LogP) is 2.40. The first-order chi connectivity index (χ1) is 7.91. The molecule has 100 valence electrons. The lowest BCUT2D eigenvalue weighted by Crippen LogP contribution is -2.47. The molecule has 1 amide bonds. The molecule has 1 fully saturated rings. The van der Waals surface area contributed by atoms with Crippen LogP contribution in [0.2, 0.25) is 0 Å². The van der Waals surface area contributed by atoms with Gasteiger partial charge in [0.25, 0.3) is 0 Å². The van der Waals surface area contributed by atoms with Crippen LogP contribution in [0.25, 0.3) is 0 Å². The van der Waals surface area contributed by atoms with Crippen LogP contribution >= 0.6 is 0 Å². The van der Waals surface area contributed by atoms with Gasteiger partial charge in [-0.05, 0) is 43.9 Å². The largest absolute Gasteiger partial charge is 0.341 e. The summed E-state index contributed by atoms with van der Waals surface area (Å²) in [6.45, 7) is 6.51. The third kappa shape index (κ3) is 4.30. The van der Waals surface area contributed by atoms with Crippen LogP contribution in [0.4, 0.5) is 0 Å². The van der Waals surface area contributed by atoms with E-state index >= 15 is 0 Å². The minimum atomic E-state index is -0.320. The van der Waals surface area contributed by atoms with Crippen LogP contribution in [0.5, 0.6) is 0 Å². The third-order valence-electron chi connectivity index (χ3n) is 3.92. The standard InChI is InChI=1S/C14H28N2O/c1-10(2)9-13(15)14(17)16(4)12-7-5-11(3)6-8-12/h10-13H,5-9,15H2,1-4H3/t11?,12?,13-/m0/s1. The summed E-state index contributed by atoms with van der Waals surface area (Å²) in [7, 11) is 1.92. The first-order valence-corrected chi connectivity index (χ1v) is 6.94. The zero-order chi connectivity index (χ0) is 13.0. The summed E-state index contributed by atoms with van der Waals surface area (Å²) in [6.07, 6.45) is 5.53. The van der Waals surface area contributed by atoms with E-state index in [-0.39, 0.29) is 11.9 Å². The average Bonchev–Trinajstić information content (AvgIpc) is 2.27. The number of carbonyl (C=O) groups excluding carboxylic acids is 1. The van der Waals surface area contributed by atoms with Crippen molar-refractivity contribution in [1.29, 1.82) is 0 Å². The molecule has 0 spiro atoms. The summed E-state index contributed by atoms with van der Waals surface area (Å²) >= 11 is 0. The average molecular weight is 240 g/mol. The second kappa shape index (κ2) is 6.39. The number of hydrogen-bond acceptors (Lipinski definition) is 2. The van der Waals surface area contributed by atoms with Crippen LogP contribution in [0, 0.1) is 11.8 Å². The molecule has 1 aliphatic rings. The fourth-order valence-electron chi connectivity index (χ4n) is 2.68. The highest BCUT2D eigenvalue weighted by molar-refractivity contribution is 5.81. The highest BCUT2D eigenvalue weighted by Crippen LogP contribution is 2.26. The molecule has 0 aromatic rings. The van der Waals surface area contributed by atoms with E-state index in [0.717, 1.165) is 25.2 Å². The first-order valence-electron chi connectivity index (χ1n) is 6.94. The molecule has 0 bridgehead atoms. The van der Waals surface area contributed by atoms with Gasteiger partial charge in [0.2, 0.25) is 5.91 Å². The molecule has 0 aromatic heterocycles. The molecule has 0 radical (unpaired) electrons. The topological polar surface area (TPSA) is 46.3 Å². The van der Waals surface area contributed by atoms with Gasteiger partial charge >= 0.3 is 0 Å². The molecule has 2 N–H and O–H groups in total. The summed E-state index contributed by atoms with van der Waals surface area (Å²) in [4.78, 5) is 14.1. The summed E-state index contributed by atoms with van der Waals surface area (Å²) in [5.41, 5.74) is 5.96. The summed E-state index contributed by atoms with van der Waals surface area (Å²) in [6, 6.07) is 0.0938. The minimum absolute atomic E-state index is 0.123. The number of nitrogens with two attached hydrogens (primary N) is 1. The molecule has 1 rings (SSSR count). The SMILES string of the molecule is CC(C)C[C@H](N)C(=O)N(C)C1CCC(C)CC1. The Labute approximate surface area is 106 Å². The van der Waals surface area contributed by atoms with Crippen molar-refractivity contribution in [3.63, 3.8) is 0 Å². The summed E-state index contributed by atoms with van der Waals surface area (Å²) in [5.74, 6) is 1.42. The number of hydrogen-bond donors (Lipinski definition) is 1. The van der Waals surface area contributed by atoms with Crippen LogP contribution in [0.1, 0.15) is 52.9 Å². The van der Waals surface area contributed by atoms with Crippen molar-refractivity contribution in [3.8, 4) is 0 Å². The zero-order valence-electron chi connectivity index (χ0n) is 11.8. The summed E-state index contributed by atoms with van der Waals surface area (Å²) < 4.78 is 0. The smallest absolute Gasteiger partial charge is 0.239 e. The number of amides is 1. The molecule has 0 aromatic carbocycles. The van der Waals surface area contributed by atoms with E-state index < -0.39 is 0 Å². The van der Waals surface area contributed by atoms with Gasteiger partial charge in [0.15, 0.2) is 0 Å². The molecule has 3 heteroatoms. The summed E-state index contributed by atoms with van der Waals surface area (Å²) in [5, 5.41) is 0. The van der Waals surface area contributed by atoms with Crippen molar-refractivity contribution in [2.75, 3.05) is 7.05 Å². The fourth-order valence-corrected chi connectivity index (χ4v) is 2.68. The Bertz CT molecular complexity index is 245. The van der Waals surface area contributed by atoms with Gasteiger partial charge in [0.1, 0.15) is 0 Å². The Hall–Kier alpha value is -0.570. The Balaban J connectivity index is 2.45. The van der Waals surface area contributed by atoms with E-state index in [1.165, 1.54) is 12.8 Å². The van der Waals surface area contributed by atoms with E-state index in [9.17, 15) is 4.79 Å². The van der Waals surface area contributed by atoms with Crippen molar-refractivity contribution in [2.24, 2.45) is 17.6 Å². The number of carbonyl (C=O) groups is 1. The van der Waals surface area contributed by atoms with Crippen LogP contribution in [0.3, 0.4) is 0 Å². The van der Waals surface area contributed by atoms with E-state index in [4.69, 9.17) is 5.73 Å². The van der Waals surface area contributed by atoms with Crippen molar-refractivity contribution in [2.45, 2.75) is 65.0 Å². The van der Waals surface area contributed by atoms with Crippen molar-refractivity contribution in [3.05, 3.63) is 0 Å². The highest BCUT2D eigenvalue weighted by atomic mass is 16.2.